The van der Waals surface area contributed by atoms with Gasteiger partial charge in [0.25, 0.3) is 0 Å². The predicted molar refractivity (Wildman–Crippen MR) is 80.4 cm³/mol. The molecule has 116 valence electrons. The van der Waals surface area contributed by atoms with Crippen molar-refractivity contribution < 1.29 is 16.8 Å². The van der Waals surface area contributed by atoms with Crippen molar-refractivity contribution in [3.63, 3.8) is 0 Å². The van der Waals surface area contributed by atoms with Gasteiger partial charge < -0.3 is 5.32 Å². The molecule has 0 saturated carbocycles. The van der Waals surface area contributed by atoms with Crippen LogP contribution in [0.15, 0.2) is 29.2 Å². The van der Waals surface area contributed by atoms with Crippen LogP contribution in [0, 0.1) is 11.3 Å². The number of hydrogen-bond acceptors (Lipinski definition) is 6. The monoisotopic (exact) mass is 330 g/mol. The molecule has 1 rings (SSSR count). The largest absolute Gasteiger partial charge is 0.315 e. The molecule has 0 heterocycles. The van der Waals surface area contributed by atoms with E-state index in [-0.39, 0.29) is 40.8 Å². The van der Waals surface area contributed by atoms with Crippen LogP contribution in [0.5, 0.6) is 0 Å². The smallest absolute Gasteiger partial charge is 0.179 e. The fourth-order valence-corrected chi connectivity index (χ4v) is 3.57. The van der Waals surface area contributed by atoms with E-state index in [2.05, 4.69) is 5.32 Å². The Bertz CT molecular complexity index is 719. The van der Waals surface area contributed by atoms with Crippen molar-refractivity contribution in [1.29, 1.82) is 5.26 Å². The number of nitrogens with zero attached hydrogens (tertiary/aromatic N) is 1. The van der Waals surface area contributed by atoms with E-state index in [0.29, 0.717) is 0 Å². The zero-order valence-corrected chi connectivity index (χ0v) is 13.4. The van der Waals surface area contributed by atoms with Crippen molar-refractivity contribution in [2.24, 2.45) is 0 Å². The number of rotatable bonds is 8. The molecule has 1 aromatic carbocycles. The lowest BCUT2D eigenvalue weighted by Crippen LogP contribution is -2.28. The molecule has 21 heavy (non-hydrogen) atoms. The summed E-state index contributed by atoms with van der Waals surface area (Å²) in [6.07, 6.45) is 0. The lowest BCUT2D eigenvalue weighted by molar-refractivity contribution is 0.589. The molecule has 0 atom stereocenters. The van der Waals surface area contributed by atoms with Gasteiger partial charge in [0, 0.05) is 18.8 Å². The Morgan fingerprint density at radius 2 is 1.81 bits per heavy atom. The van der Waals surface area contributed by atoms with Gasteiger partial charge in [-0.25, -0.2) is 16.8 Å². The van der Waals surface area contributed by atoms with Crippen LogP contribution >= 0.6 is 0 Å². The average Bonchev–Trinajstić information content (AvgIpc) is 2.46. The summed E-state index contributed by atoms with van der Waals surface area (Å²) in [6, 6.07) is 7.72. The molecule has 0 spiro atoms. The summed E-state index contributed by atoms with van der Waals surface area (Å²) in [5, 5.41) is 11.6. The van der Waals surface area contributed by atoms with E-state index in [1.165, 1.54) is 24.3 Å². The van der Waals surface area contributed by atoms with Crippen LogP contribution in [-0.2, 0) is 19.7 Å². The molecule has 1 aromatic rings. The van der Waals surface area contributed by atoms with Gasteiger partial charge in [-0.1, -0.05) is 13.0 Å². The second kappa shape index (κ2) is 7.54. The molecular formula is C13H18N2O4S2. The van der Waals surface area contributed by atoms with Crippen LogP contribution in [0.3, 0.4) is 0 Å². The standard InChI is InChI=1S/C13H18N2O4S2/c1-2-20(16,17)8-6-15-7-9-21(18,19)13-5-3-4-12(10-13)11-14/h3-5,10,15H,2,6-9H2,1H3. The van der Waals surface area contributed by atoms with Gasteiger partial charge in [0.05, 0.1) is 28.0 Å². The second-order valence-electron chi connectivity index (χ2n) is 4.44. The van der Waals surface area contributed by atoms with E-state index in [0.717, 1.165) is 0 Å². The summed E-state index contributed by atoms with van der Waals surface area (Å²) in [4.78, 5) is 0.101. The number of hydrogen-bond donors (Lipinski definition) is 1. The molecule has 0 radical (unpaired) electrons. The quantitative estimate of drug-likeness (QED) is 0.690. The van der Waals surface area contributed by atoms with Gasteiger partial charge in [0.2, 0.25) is 0 Å². The second-order valence-corrected chi connectivity index (χ2v) is 9.03. The molecule has 0 unspecified atom stereocenters. The molecule has 0 aromatic heterocycles. The molecule has 0 aliphatic carbocycles. The zero-order valence-electron chi connectivity index (χ0n) is 11.7. The zero-order chi connectivity index (χ0) is 15.9. The number of nitrogens with one attached hydrogen (secondary N) is 1. The van der Waals surface area contributed by atoms with E-state index < -0.39 is 19.7 Å². The molecule has 0 fully saturated rings. The maximum atomic E-state index is 12.0. The minimum Gasteiger partial charge on any atom is -0.315 e. The first-order valence-electron chi connectivity index (χ1n) is 6.45. The highest BCUT2D eigenvalue weighted by Gasteiger charge is 2.14. The van der Waals surface area contributed by atoms with Crippen LogP contribution < -0.4 is 5.32 Å². The third-order valence-electron chi connectivity index (χ3n) is 2.90. The summed E-state index contributed by atoms with van der Waals surface area (Å²) in [5.41, 5.74) is 0.290. The van der Waals surface area contributed by atoms with Crippen molar-refractivity contribution in [3.8, 4) is 6.07 Å². The maximum Gasteiger partial charge on any atom is 0.179 e. The van der Waals surface area contributed by atoms with E-state index in [1.54, 1.807) is 6.92 Å². The van der Waals surface area contributed by atoms with Gasteiger partial charge in [0.1, 0.15) is 0 Å². The fraction of sp³-hybridized carbons (Fsp3) is 0.462. The van der Waals surface area contributed by atoms with Gasteiger partial charge >= 0.3 is 0 Å². The van der Waals surface area contributed by atoms with Gasteiger partial charge in [-0.3, -0.25) is 0 Å². The van der Waals surface area contributed by atoms with Crippen LogP contribution in [0.25, 0.3) is 0 Å². The minimum absolute atomic E-state index is 0.00648. The molecule has 0 aliphatic rings. The Balaban J connectivity index is 2.53. The first kappa shape index (κ1) is 17.6. The highest BCUT2D eigenvalue weighted by Crippen LogP contribution is 2.12. The van der Waals surface area contributed by atoms with Gasteiger partial charge in [0.15, 0.2) is 19.7 Å². The van der Waals surface area contributed by atoms with Crippen LogP contribution in [0.4, 0.5) is 0 Å². The van der Waals surface area contributed by atoms with Crippen molar-refractivity contribution in [2.75, 3.05) is 30.3 Å². The highest BCUT2D eigenvalue weighted by molar-refractivity contribution is 7.91. The molecule has 1 N–H and O–H groups in total. The molecule has 0 bridgehead atoms. The van der Waals surface area contributed by atoms with Crippen molar-refractivity contribution >= 4 is 19.7 Å². The number of nitriles is 1. The molecule has 0 saturated heterocycles. The molecule has 0 aliphatic heterocycles. The number of benzene rings is 1. The Kier molecular flexibility index (Phi) is 6.33. The third kappa shape index (κ3) is 5.83. The summed E-state index contributed by atoms with van der Waals surface area (Å²) in [5.74, 6) is -0.0740. The van der Waals surface area contributed by atoms with Gasteiger partial charge in [-0.05, 0) is 18.2 Å². The third-order valence-corrected chi connectivity index (χ3v) is 6.32. The topological polar surface area (TPSA) is 104 Å². The van der Waals surface area contributed by atoms with Crippen molar-refractivity contribution in [1.82, 2.24) is 5.32 Å². The number of sulfone groups is 2. The van der Waals surface area contributed by atoms with Crippen LogP contribution in [-0.4, -0.2) is 47.2 Å². The summed E-state index contributed by atoms with van der Waals surface area (Å²) in [6.45, 7) is 1.96. The lowest BCUT2D eigenvalue weighted by Gasteiger charge is -2.06. The van der Waals surface area contributed by atoms with E-state index in [4.69, 9.17) is 5.26 Å². The first-order valence-corrected chi connectivity index (χ1v) is 9.92. The predicted octanol–water partition coefficient (Wildman–Crippen LogP) is 0.356. The maximum absolute atomic E-state index is 12.0. The highest BCUT2D eigenvalue weighted by atomic mass is 32.2. The summed E-state index contributed by atoms with van der Waals surface area (Å²) >= 11 is 0. The Labute approximate surface area is 125 Å². The minimum atomic E-state index is -3.48. The van der Waals surface area contributed by atoms with E-state index >= 15 is 0 Å². The van der Waals surface area contributed by atoms with Gasteiger partial charge in [-0.2, -0.15) is 5.26 Å². The average molecular weight is 330 g/mol. The van der Waals surface area contributed by atoms with E-state index in [9.17, 15) is 16.8 Å². The normalized spacial score (nSPS) is 12.0. The van der Waals surface area contributed by atoms with Crippen molar-refractivity contribution in [2.45, 2.75) is 11.8 Å². The Morgan fingerprint density at radius 3 is 2.43 bits per heavy atom. The lowest BCUT2D eigenvalue weighted by atomic mass is 10.2. The van der Waals surface area contributed by atoms with Crippen LogP contribution in [0.2, 0.25) is 0 Å². The Morgan fingerprint density at radius 1 is 1.14 bits per heavy atom. The Hall–Kier alpha value is -1.43. The molecular weight excluding hydrogens is 312 g/mol. The summed E-state index contributed by atoms with van der Waals surface area (Å²) < 4.78 is 46.6. The SMILES string of the molecule is CCS(=O)(=O)CCNCCS(=O)(=O)c1cccc(C#N)c1. The van der Waals surface area contributed by atoms with E-state index in [1.807, 2.05) is 6.07 Å². The van der Waals surface area contributed by atoms with Crippen LogP contribution in [0.1, 0.15) is 12.5 Å². The van der Waals surface area contributed by atoms with Gasteiger partial charge in [-0.15, -0.1) is 0 Å². The van der Waals surface area contributed by atoms with Crippen molar-refractivity contribution in [3.05, 3.63) is 29.8 Å². The molecule has 0 amide bonds. The first-order chi connectivity index (χ1) is 9.80. The molecule has 6 nitrogen and oxygen atoms in total. The fourth-order valence-electron chi connectivity index (χ4n) is 1.58. The molecule has 8 heteroatoms. The summed E-state index contributed by atoms with van der Waals surface area (Å²) in [7, 11) is -6.52.